The molecule has 0 bridgehead atoms. The number of hydrogen-bond donors (Lipinski definition) is 1. The largest absolute Gasteiger partial charge is 0.496 e. The summed E-state index contributed by atoms with van der Waals surface area (Å²) in [7, 11) is 1.66. The van der Waals surface area contributed by atoms with Crippen LogP contribution in [0.25, 0.3) is 0 Å². The molecule has 18 heavy (non-hydrogen) atoms. The summed E-state index contributed by atoms with van der Waals surface area (Å²) < 4.78 is 7.29. The van der Waals surface area contributed by atoms with Gasteiger partial charge in [0, 0.05) is 19.2 Å². The van der Waals surface area contributed by atoms with Gasteiger partial charge in [0.25, 0.3) is 0 Å². The predicted molar refractivity (Wildman–Crippen MR) is 83.5 cm³/mol. The summed E-state index contributed by atoms with van der Waals surface area (Å²) in [6, 6.07) is 5.97. The van der Waals surface area contributed by atoms with E-state index in [1.807, 2.05) is 11.4 Å². The van der Waals surface area contributed by atoms with E-state index in [1.165, 1.54) is 5.56 Å². The average molecular weight is 391 g/mol. The van der Waals surface area contributed by atoms with Crippen LogP contribution in [-0.4, -0.2) is 7.11 Å². The Kier molecular flexibility index (Phi) is 4.48. The van der Waals surface area contributed by atoms with Crippen molar-refractivity contribution in [3.63, 3.8) is 0 Å². The van der Waals surface area contributed by atoms with Gasteiger partial charge in [-0.1, -0.05) is 31.9 Å². The Balaban J connectivity index is 2.39. The van der Waals surface area contributed by atoms with Crippen molar-refractivity contribution in [2.24, 2.45) is 5.73 Å². The maximum atomic E-state index is 6.31. The Morgan fingerprint density at radius 1 is 1.22 bits per heavy atom. The van der Waals surface area contributed by atoms with Gasteiger partial charge < -0.3 is 10.5 Å². The van der Waals surface area contributed by atoms with Crippen molar-refractivity contribution in [2.75, 3.05) is 7.11 Å². The summed E-state index contributed by atoms with van der Waals surface area (Å²) >= 11 is 8.73. The van der Waals surface area contributed by atoms with Gasteiger partial charge in [0.15, 0.2) is 0 Å². The summed E-state index contributed by atoms with van der Waals surface area (Å²) in [4.78, 5) is 1.09. The maximum absolute atomic E-state index is 6.31. The van der Waals surface area contributed by atoms with Crippen molar-refractivity contribution in [1.29, 1.82) is 0 Å². The van der Waals surface area contributed by atoms with E-state index in [2.05, 4.69) is 50.9 Å². The molecule has 0 aliphatic rings. The van der Waals surface area contributed by atoms with Crippen LogP contribution in [0, 0.1) is 6.92 Å². The average Bonchev–Trinajstić information content (AvgIpc) is 2.81. The van der Waals surface area contributed by atoms with Crippen molar-refractivity contribution >= 4 is 43.2 Å². The molecule has 0 radical (unpaired) electrons. The first-order valence-electron chi connectivity index (χ1n) is 5.36. The van der Waals surface area contributed by atoms with Crippen molar-refractivity contribution in [1.82, 2.24) is 0 Å². The molecule has 0 aliphatic heterocycles. The Labute approximate surface area is 127 Å². The normalized spacial score (nSPS) is 12.5. The van der Waals surface area contributed by atoms with E-state index in [1.54, 1.807) is 18.4 Å². The number of rotatable bonds is 3. The van der Waals surface area contributed by atoms with Gasteiger partial charge in [-0.2, -0.15) is 0 Å². The molecule has 0 spiro atoms. The van der Waals surface area contributed by atoms with Crippen LogP contribution in [0.4, 0.5) is 0 Å². The van der Waals surface area contributed by atoms with E-state index < -0.39 is 0 Å². The molecule has 2 aromatic rings. The van der Waals surface area contributed by atoms with Crippen LogP contribution < -0.4 is 10.5 Å². The second-order valence-electron chi connectivity index (χ2n) is 3.99. The lowest BCUT2D eigenvalue weighted by molar-refractivity contribution is 0.416. The molecule has 1 aromatic carbocycles. The highest BCUT2D eigenvalue weighted by molar-refractivity contribution is 9.11. The van der Waals surface area contributed by atoms with Gasteiger partial charge in [0.2, 0.25) is 0 Å². The maximum Gasteiger partial charge on any atom is 0.129 e. The quantitative estimate of drug-likeness (QED) is 0.828. The fourth-order valence-electron chi connectivity index (χ4n) is 1.66. The zero-order valence-electron chi connectivity index (χ0n) is 10.0. The Bertz CT molecular complexity index is 568. The zero-order valence-corrected chi connectivity index (χ0v) is 14.0. The van der Waals surface area contributed by atoms with E-state index in [-0.39, 0.29) is 6.04 Å². The van der Waals surface area contributed by atoms with E-state index in [0.717, 1.165) is 25.1 Å². The molecule has 1 aromatic heterocycles. The lowest BCUT2D eigenvalue weighted by Crippen LogP contribution is -2.11. The molecule has 0 saturated heterocycles. The molecule has 96 valence electrons. The van der Waals surface area contributed by atoms with Crippen LogP contribution in [0.2, 0.25) is 0 Å². The first-order valence-corrected chi connectivity index (χ1v) is 7.83. The zero-order chi connectivity index (χ0) is 13.3. The number of nitrogens with two attached hydrogens (primary N) is 1. The molecule has 2 nitrogen and oxygen atoms in total. The molecule has 2 rings (SSSR count). The van der Waals surface area contributed by atoms with Crippen molar-refractivity contribution < 1.29 is 4.74 Å². The third-order valence-electron chi connectivity index (χ3n) is 2.75. The molecule has 1 heterocycles. The van der Waals surface area contributed by atoms with Crippen molar-refractivity contribution in [3.8, 4) is 5.75 Å². The minimum Gasteiger partial charge on any atom is -0.496 e. The fraction of sp³-hybridized carbons (Fsp3) is 0.231. The molecule has 5 heteroatoms. The summed E-state index contributed by atoms with van der Waals surface area (Å²) in [6.45, 7) is 2.05. The molecular weight excluding hydrogens is 378 g/mol. The fourth-order valence-corrected chi connectivity index (χ4v) is 3.60. The van der Waals surface area contributed by atoms with Gasteiger partial charge in [0.05, 0.1) is 13.2 Å². The highest BCUT2D eigenvalue weighted by Gasteiger charge is 2.16. The summed E-state index contributed by atoms with van der Waals surface area (Å²) in [5.74, 6) is 0.854. The van der Waals surface area contributed by atoms with E-state index in [0.29, 0.717) is 0 Å². The van der Waals surface area contributed by atoms with E-state index in [9.17, 15) is 0 Å². The Hall–Kier alpha value is -0.360. The van der Waals surface area contributed by atoms with Gasteiger partial charge >= 0.3 is 0 Å². The smallest absolute Gasteiger partial charge is 0.129 e. The van der Waals surface area contributed by atoms with Gasteiger partial charge in [-0.15, -0.1) is 11.3 Å². The van der Waals surface area contributed by atoms with Crippen molar-refractivity contribution in [3.05, 3.63) is 48.5 Å². The third-order valence-corrected chi connectivity index (χ3v) is 5.29. The SMILES string of the molecule is COc1csc(C(N)c2cc(Br)c(C)cc2Br)c1. The van der Waals surface area contributed by atoms with Gasteiger partial charge in [-0.25, -0.2) is 0 Å². The van der Waals surface area contributed by atoms with E-state index >= 15 is 0 Å². The number of ether oxygens (including phenoxy) is 1. The Morgan fingerprint density at radius 2 is 1.94 bits per heavy atom. The summed E-state index contributed by atoms with van der Waals surface area (Å²) in [6.07, 6.45) is 0. The highest BCUT2D eigenvalue weighted by Crippen LogP contribution is 2.35. The van der Waals surface area contributed by atoms with Crippen LogP contribution in [0.5, 0.6) is 5.75 Å². The third kappa shape index (κ3) is 2.79. The minimum atomic E-state index is -0.148. The summed E-state index contributed by atoms with van der Waals surface area (Å²) in [5, 5.41) is 1.96. The first-order chi connectivity index (χ1) is 8.52. The molecule has 1 unspecified atom stereocenters. The summed E-state index contributed by atoms with van der Waals surface area (Å²) in [5.41, 5.74) is 8.56. The number of thiophene rings is 1. The van der Waals surface area contributed by atoms with Crippen LogP contribution in [0.3, 0.4) is 0 Å². The second-order valence-corrected chi connectivity index (χ2v) is 6.64. The van der Waals surface area contributed by atoms with Crippen LogP contribution in [0.15, 0.2) is 32.5 Å². The second kappa shape index (κ2) is 5.74. The first kappa shape index (κ1) is 14.1. The molecular formula is C13H13Br2NOS. The van der Waals surface area contributed by atoms with Gasteiger partial charge in [-0.05, 0) is 36.2 Å². The molecule has 0 amide bonds. The molecule has 0 fully saturated rings. The van der Waals surface area contributed by atoms with Crippen LogP contribution in [-0.2, 0) is 0 Å². The number of hydrogen-bond acceptors (Lipinski definition) is 3. The lowest BCUT2D eigenvalue weighted by Gasteiger charge is -2.14. The van der Waals surface area contributed by atoms with Gasteiger partial charge in [-0.3, -0.25) is 0 Å². The number of halogens is 2. The predicted octanol–water partition coefficient (Wildman–Crippen LogP) is 4.64. The van der Waals surface area contributed by atoms with Crippen LogP contribution in [0.1, 0.15) is 22.0 Å². The van der Waals surface area contributed by atoms with Crippen LogP contribution >= 0.6 is 43.2 Å². The molecule has 0 aliphatic carbocycles. The Morgan fingerprint density at radius 3 is 2.56 bits per heavy atom. The number of benzene rings is 1. The van der Waals surface area contributed by atoms with Gasteiger partial charge in [0.1, 0.15) is 5.75 Å². The van der Waals surface area contributed by atoms with E-state index in [4.69, 9.17) is 10.5 Å². The number of methoxy groups -OCH3 is 1. The molecule has 1 atom stereocenters. The topological polar surface area (TPSA) is 35.2 Å². The minimum absolute atomic E-state index is 0.148. The molecule has 0 saturated carbocycles. The van der Waals surface area contributed by atoms with Crippen molar-refractivity contribution in [2.45, 2.75) is 13.0 Å². The molecule has 2 N–H and O–H groups in total. The highest BCUT2D eigenvalue weighted by atomic mass is 79.9. The lowest BCUT2D eigenvalue weighted by atomic mass is 10.0. The number of aryl methyl sites for hydroxylation is 1. The standard InChI is InChI=1S/C13H13Br2NOS/c1-7-3-11(15)9(5-10(7)14)13(16)12-4-8(17-2)6-18-12/h3-6,13H,16H2,1-2H3. The monoisotopic (exact) mass is 389 g/mol.